The number of hydrogen-bond acceptors (Lipinski definition) is 1. The lowest BCUT2D eigenvalue weighted by Crippen LogP contribution is -2.24. The molecule has 1 unspecified atom stereocenters. The van der Waals surface area contributed by atoms with Gasteiger partial charge < -0.3 is 5.32 Å². The van der Waals surface area contributed by atoms with Crippen molar-refractivity contribution in [2.75, 3.05) is 6.54 Å². The van der Waals surface area contributed by atoms with E-state index in [0.29, 0.717) is 11.6 Å². The van der Waals surface area contributed by atoms with Crippen LogP contribution in [0, 0.1) is 18.6 Å². The third kappa shape index (κ3) is 3.00. The molecule has 0 saturated carbocycles. The zero-order valence-electron chi connectivity index (χ0n) is 11.4. The van der Waals surface area contributed by atoms with Crippen LogP contribution in [0.2, 0.25) is 5.02 Å². The predicted octanol–water partition coefficient (Wildman–Crippen LogP) is 4.63. The maximum Gasteiger partial charge on any atom is 0.131 e. The molecule has 2 rings (SSSR count). The molecule has 20 heavy (non-hydrogen) atoms. The summed E-state index contributed by atoms with van der Waals surface area (Å²) >= 11 is 6.00. The second-order valence-corrected chi connectivity index (χ2v) is 5.04. The minimum atomic E-state index is -0.552. The van der Waals surface area contributed by atoms with E-state index in [1.165, 1.54) is 18.2 Å². The molecule has 106 valence electrons. The maximum atomic E-state index is 14.0. The van der Waals surface area contributed by atoms with Crippen molar-refractivity contribution < 1.29 is 8.78 Å². The average molecular weight is 296 g/mol. The Hall–Kier alpha value is -1.45. The van der Waals surface area contributed by atoms with Gasteiger partial charge in [-0.3, -0.25) is 0 Å². The predicted molar refractivity (Wildman–Crippen MR) is 78.1 cm³/mol. The van der Waals surface area contributed by atoms with Crippen LogP contribution in [0.15, 0.2) is 36.4 Å². The Kier molecular flexibility index (Phi) is 4.73. The lowest BCUT2D eigenvalue weighted by atomic mass is 9.96. The molecule has 0 aliphatic rings. The fourth-order valence-electron chi connectivity index (χ4n) is 2.22. The van der Waals surface area contributed by atoms with Gasteiger partial charge in [0.2, 0.25) is 0 Å². The van der Waals surface area contributed by atoms with Crippen LogP contribution in [0.5, 0.6) is 0 Å². The van der Waals surface area contributed by atoms with Crippen LogP contribution < -0.4 is 5.32 Å². The Morgan fingerprint density at radius 3 is 2.35 bits per heavy atom. The standard InChI is InChI=1S/C16H16ClF2N/c1-3-20-16(11-7-8-12(17)10(2)9-11)15-13(18)5-4-6-14(15)19/h4-9,16,20H,3H2,1-2H3. The highest BCUT2D eigenvalue weighted by molar-refractivity contribution is 6.31. The van der Waals surface area contributed by atoms with Gasteiger partial charge in [0.15, 0.2) is 0 Å². The quantitative estimate of drug-likeness (QED) is 0.867. The van der Waals surface area contributed by atoms with Gasteiger partial charge in [-0.15, -0.1) is 0 Å². The first kappa shape index (κ1) is 14.9. The first-order valence-corrected chi connectivity index (χ1v) is 6.85. The number of hydrogen-bond donors (Lipinski definition) is 1. The number of aryl methyl sites for hydroxylation is 1. The Balaban J connectivity index is 2.53. The van der Waals surface area contributed by atoms with Crippen molar-refractivity contribution in [3.05, 3.63) is 69.7 Å². The van der Waals surface area contributed by atoms with Gasteiger partial charge in [0, 0.05) is 10.6 Å². The van der Waals surface area contributed by atoms with Gasteiger partial charge in [-0.1, -0.05) is 36.7 Å². The smallest absolute Gasteiger partial charge is 0.131 e. The SMILES string of the molecule is CCNC(c1ccc(Cl)c(C)c1)c1c(F)cccc1F. The minimum absolute atomic E-state index is 0.0380. The molecule has 0 saturated heterocycles. The summed E-state index contributed by atoms with van der Waals surface area (Å²) < 4.78 is 28.0. The fraction of sp³-hybridized carbons (Fsp3) is 0.250. The maximum absolute atomic E-state index is 14.0. The van der Waals surface area contributed by atoms with Crippen molar-refractivity contribution in [1.29, 1.82) is 0 Å². The highest BCUT2D eigenvalue weighted by atomic mass is 35.5. The van der Waals surface area contributed by atoms with Gasteiger partial charge in [0.05, 0.1) is 6.04 Å². The first-order chi connectivity index (χ1) is 9.54. The van der Waals surface area contributed by atoms with Crippen molar-refractivity contribution in [2.45, 2.75) is 19.9 Å². The van der Waals surface area contributed by atoms with Gasteiger partial charge in [0.25, 0.3) is 0 Å². The van der Waals surface area contributed by atoms with E-state index in [1.807, 2.05) is 19.9 Å². The third-order valence-electron chi connectivity index (χ3n) is 3.21. The topological polar surface area (TPSA) is 12.0 Å². The molecular formula is C16H16ClF2N. The van der Waals surface area contributed by atoms with Crippen molar-refractivity contribution in [2.24, 2.45) is 0 Å². The van der Waals surface area contributed by atoms with Crippen LogP contribution in [0.25, 0.3) is 0 Å². The van der Waals surface area contributed by atoms with Crippen molar-refractivity contribution in [1.82, 2.24) is 5.32 Å². The van der Waals surface area contributed by atoms with E-state index >= 15 is 0 Å². The summed E-state index contributed by atoms with van der Waals surface area (Å²) in [5, 5.41) is 3.76. The van der Waals surface area contributed by atoms with E-state index in [0.717, 1.165) is 11.1 Å². The molecule has 1 nitrogen and oxygen atoms in total. The molecule has 0 radical (unpaired) electrons. The van der Waals surface area contributed by atoms with E-state index in [4.69, 9.17) is 11.6 Å². The Bertz CT molecular complexity index is 593. The molecule has 0 amide bonds. The number of rotatable bonds is 4. The Morgan fingerprint density at radius 2 is 1.80 bits per heavy atom. The fourth-order valence-corrected chi connectivity index (χ4v) is 2.34. The average Bonchev–Trinajstić information content (AvgIpc) is 2.41. The third-order valence-corrected chi connectivity index (χ3v) is 3.64. The van der Waals surface area contributed by atoms with Gasteiger partial charge in [-0.05, 0) is 42.8 Å². The lowest BCUT2D eigenvalue weighted by molar-refractivity contribution is 0.510. The number of benzene rings is 2. The highest BCUT2D eigenvalue weighted by Crippen LogP contribution is 2.29. The summed E-state index contributed by atoms with van der Waals surface area (Å²) in [5.41, 5.74) is 1.71. The van der Waals surface area contributed by atoms with E-state index < -0.39 is 17.7 Å². The van der Waals surface area contributed by atoms with Crippen LogP contribution in [-0.2, 0) is 0 Å². The van der Waals surface area contributed by atoms with Crippen LogP contribution in [0.1, 0.15) is 29.7 Å². The normalized spacial score (nSPS) is 12.4. The van der Waals surface area contributed by atoms with Crippen molar-refractivity contribution >= 4 is 11.6 Å². The molecule has 1 N–H and O–H groups in total. The van der Waals surface area contributed by atoms with Crippen LogP contribution in [-0.4, -0.2) is 6.54 Å². The molecule has 0 aliphatic heterocycles. The van der Waals surface area contributed by atoms with Gasteiger partial charge in [-0.25, -0.2) is 8.78 Å². The molecule has 0 aliphatic carbocycles. The summed E-state index contributed by atoms with van der Waals surface area (Å²) in [6.07, 6.45) is 0. The molecule has 1 atom stereocenters. The van der Waals surface area contributed by atoms with Gasteiger partial charge in [-0.2, -0.15) is 0 Å². The largest absolute Gasteiger partial charge is 0.306 e. The summed E-state index contributed by atoms with van der Waals surface area (Å²) in [4.78, 5) is 0. The van der Waals surface area contributed by atoms with E-state index in [9.17, 15) is 8.78 Å². The molecular weight excluding hydrogens is 280 g/mol. The van der Waals surface area contributed by atoms with Crippen LogP contribution >= 0.6 is 11.6 Å². The zero-order valence-corrected chi connectivity index (χ0v) is 12.1. The van der Waals surface area contributed by atoms with Crippen molar-refractivity contribution in [3.8, 4) is 0 Å². The second kappa shape index (κ2) is 6.33. The molecule has 0 aromatic heterocycles. The van der Waals surface area contributed by atoms with E-state index in [2.05, 4.69) is 5.32 Å². The molecule has 2 aromatic rings. The van der Waals surface area contributed by atoms with E-state index in [1.54, 1.807) is 12.1 Å². The van der Waals surface area contributed by atoms with Gasteiger partial charge >= 0.3 is 0 Å². The zero-order chi connectivity index (χ0) is 14.7. The monoisotopic (exact) mass is 295 g/mol. The minimum Gasteiger partial charge on any atom is -0.306 e. The molecule has 0 fully saturated rings. The molecule has 0 heterocycles. The Labute approximate surface area is 122 Å². The summed E-state index contributed by atoms with van der Waals surface area (Å²) in [5.74, 6) is -1.10. The van der Waals surface area contributed by atoms with Crippen LogP contribution in [0.3, 0.4) is 0 Å². The van der Waals surface area contributed by atoms with Crippen LogP contribution in [0.4, 0.5) is 8.78 Å². The molecule has 4 heteroatoms. The lowest BCUT2D eigenvalue weighted by Gasteiger charge is -2.21. The summed E-state index contributed by atoms with van der Waals surface area (Å²) in [7, 11) is 0. The van der Waals surface area contributed by atoms with Gasteiger partial charge in [0.1, 0.15) is 11.6 Å². The number of nitrogens with one attached hydrogen (secondary N) is 1. The first-order valence-electron chi connectivity index (χ1n) is 6.48. The molecule has 0 bridgehead atoms. The summed E-state index contributed by atoms with van der Waals surface area (Å²) in [6.45, 7) is 4.36. The second-order valence-electron chi connectivity index (χ2n) is 4.63. The molecule has 2 aromatic carbocycles. The van der Waals surface area contributed by atoms with E-state index in [-0.39, 0.29) is 5.56 Å². The number of halogens is 3. The van der Waals surface area contributed by atoms with Crippen molar-refractivity contribution in [3.63, 3.8) is 0 Å². The highest BCUT2D eigenvalue weighted by Gasteiger charge is 2.21. The molecule has 0 spiro atoms. The Morgan fingerprint density at radius 1 is 1.15 bits per heavy atom. The summed E-state index contributed by atoms with van der Waals surface area (Å²) in [6, 6.07) is 8.75.